The highest BCUT2D eigenvalue weighted by Gasteiger charge is 2.33. The van der Waals surface area contributed by atoms with Gasteiger partial charge in [0.2, 0.25) is 11.9 Å². The van der Waals surface area contributed by atoms with Crippen LogP contribution in [0, 0.1) is 0 Å². The van der Waals surface area contributed by atoms with Crippen LogP contribution in [0.3, 0.4) is 0 Å². The van der Waals surface area contributed by atoms with Gasteiger partial charge in [-0.1, -0.05) is 30.3 Å². The molecule has 0 spiro atoms. The van der Waals surface area contributed by atoms with Crippen molar-refractivity contribution in [2.45, 2.75) is 26.1 Å². The molecule has 2 aromatic rings. The normalized spacial score (nSPS) is 16.2. The molecule has 3 rings (SSSR count). The number of para-hydroxylation sites is 1. The zero-order valence-corrected chi connectivity index (χ0v) is 14.2. The molecule has 0 saturated carbocycles. The summed E-state index contributed by atoms with van der Waals surface area (Å²) >= 11 is 0. The monoisotopic (exact) mass is 339 g/mol. The second kappa shape index (κ2) is 6.82. The average molecular weight is 339 g/mol. The van der Waals surface area contributed by atoms with Crippen LogP contribution in [0.2, 0.25) is 0 Å². The molecule has 7 heteroatoms. The first-order chi connectivity index (χ1) is 11.9. The van der Waals surface area contributed by atoms with Gasteiger partial charge in [-0.3, -0.25) is 4.84 Å². The molecule has 0 aromatic heterocycles. The minimum atomic E-state index is -0.728. The number of hydrogen-bond donors (Lipinski definition) is 2. The number of ether oxygens (including phenoxy) is 1. The Kier molecular flexibility index (Phi) is 4.58. The minimum Gasteiger partial charge on any atom is -0.457 e. The number of nitrogens with zero attached hydrogens (tertiary/aromatic N) is 3. The first-order valence-corrected chi connectivity index (χ1v) is 7.88. The third-order valence-electron chi connectivity index (χ3n) is 3.56. The van der Waals surface area contributed by atoms with Crippen LogP contribution >= 0.6 is 0 Å². The molecule has 4 N–H and O–H groups in total. The van der Waals surface area contributed by atoms with Crippen LogP contribution in [-0.4, -0.2) is 22.6 Å². The fourth-order valence-electron chi connectivity index (χ4n) is 2.48. The summed E-state index contributed by atoms with van der Waals surface area (Å²) in [6.07, 6.45) is 0. The molecule has 7 nitrogen and oxygen atoms in total. The Morgan fingerprint density at radius 2 is 1.72 bits per heavy atom. The molecule has 1 aliphatic rings. The molecule has 1 aliphatic heterocycles. The molecule has 130 valence electrons. The predicted molar refractivity (Wildman–Crippen MR) is 96.9 cm³/mol. The van der Waals surface area contributed by atoms with Gasteiger partial charge in [-0.05, 0) is 43.7 Å². The van der Waals surface area contributed by atoms with Crippen LogP contribution in [-0.2, 0) is 11.4 Å². The van der Waals surface area contributed by atoms with E-state index >= 15 is 0 Å². The van der Waals surface area contributed by atoms with Gasteiger partial charge >= 0.3 is 0 Å². The van der Waals surface area contributed by atoms with Crippen molar-refractivity contribution in [3.05, 3.63) is 60.2 Å². The maximum Gasteiger partial charge on any atom is 0.226 e. The molecular weight excluding hydrogens is 318 g/mol. The number of rotatable bonds is 5. The molecule has 0 atom stereocenters. The maximum absolute atomic E-state index is 5.91. The number of hydrogen-bond acceptors (Lipinski definition) is 7. The fraction of sp³-hybridized carbons (Fsp3) is 0.222. The van der Waals surface area contributed by atoms with E-state index < -0.39 is 5.66 Å². The second-order valence-corrected chi connectivity index (χ2v) is 6.06. The van der Waals surface area contributed by atoms with E-state index in [0.717, 1.165) is 17.1 Å². The van der Waals surface area contributed by atoms with Gasteiger partial charge in [-0.15, -0.1) is 0 Å². The molecule has 0 unspecified atom stereocenters. The molecule has 1 heterocycles. The molecule has 2 aromatic carbocycles. The van der Waals surface area contributed by atoms with Gasteiger partial charge in [0, 0.05) is 0 Å². The SMILES string of the molecule is CC1(C)N=C(N)N=C(N)N1OCc1cccc(Oc2ccccc2)c1. The highest BCUT2D eigenvalue weighted by Crippen LogP contribution is 2.24. The van der Waals surface area contributed by atoms with Gasteiger partial charge in [-0.2, -0.15) is 10.1 Å². The Morgan fingerprint density at radius 1 is 1.00 bits per heavy atom. The van der Waals surface area contributed by atoms with Gasteiger partial charge in [-0.25, -0.2) is 4.99 Å². The lowest BCUT2D eigenvalue weighted by Gasteiger charge is -2.36. The quantitative estimate of drug-likeness (QED) is 0.872. The van der Waals surface area contributed by atoms with Crippen LogP contribution in [0.15, 0.2) is 64.6 Å². The number of hydroxylamine groups is 2. The molecule has 0 bridgehead atoms. The van der Waals surface area contributed by atoms with Crippen LogP contribution in [0.1, 0.15) is 19.4 Å². The van der Waals surface area contributed by atoms with Crippen molar-refractivity contribution in [2.24, 2.45) is 21.5 Å². The van der Waals surface area contributed by atoms with Crippen LogP contribution < -0.4 is 16.2 Å². The van der Waals surface area contributed by atoms with E-state index in [0.29, 0.717) is 6.61 Å². The summed E-state index contributed by atoms with van der Waals surface area (Å²) in [5.41, 5.74) is 11.8. The molecule has 0 amide bonds. The lowest BCUT2D eigenvalue weighted by Crippen LogP contribution is -2.53. The lowest BCUT2D eigenvalue weighted by molar-refractivity contribution is -0.166. The smallest absolute Gasteiger partial charge is 0.226 e. The number of aliphatic imine (C=N–C) groups is 2. The van der Waals surface area contributed by atoms with Crippen LogP contribution in [0.25, 0.3) is 0 Å². The summed E-state index contributed by atoms with van der Waals surface area (Å²) in [5, 5.41) is 1.45. The van der Waals surface area contributed by atoms with Crippen LogP contribution in [0.5, 0.6) is 11.5 Å². The van der Waals surface area contributed by atoms with Crippen molar-refractivity contribution in [3.63, 3.8) is 0 Å². The largest absolute Gasteiger partial charge is 0.457 e. The number of benzene rings is 2. The topological polar surface area (TPSA) is 98.5 Å². The van der Waals surface area contributed by atoms with Gasteiger partial charge in [0.1, 0.15) is 18.1 Å². The Labute approximate surface area is 146 Å². The van der Waals surface area contributed by atoms with E-state index in [9.17, 15) is 0 Å². The van der Waals surface area contributed by atoms with E-state index in [4.69, 9.17) is 21.0 Å². The third kappa shape index (κ3) is 4.07. The lowest BCUT2D eigenvalue weighted by atomic mass is 10.2. The van der Waals surface area contributed by atoms with E-state index in [2.05, 4.69) is 9.98 Å². The van der Waals surface area contributed by atoms with Gasteiger partial charge < -0.3 is 16.2 Å². The average Bonchev–Trinajstić information content (AvgIpc) is 2.54. The van der Waals surface area contributed by atoms with Crippen molar-refractivity contribution in [3.8, 4) is 11.5 Å². The van der Waals surface area contributed by atoms with E-state index in [-0.39, 0.29) is 11.9 Å². The summed E-state index contributed by atoms with van der Waals surface area (Å²) in [6, 6.07) is 17.3. The first-order valence-electron chi connectivity index (χ1n) is 7.88. The maximum atomic E-state index is 5.91. The summed E-state index contributed by atoms with van der Waals surface area (Å²) in [7, 11) is 0. The molecule has 0 fully saturated rings. The number of nitrogens with two attached hydrogens (primary N) is 2. The van der Waals surface area contributed by atoms with E-state index in [1.807, 2.05) is 68.4 Å². The predicted octanol–water partition coefficient (Wildman–Crippen LogP) is 2.59. The molecule has 0 radical (unpaired) electrons. The van der Waals surface area contributed by atoms with E-state index in [1.54, 1.807) is 0 Å². The summed E-state index contributed by atoms with van der Waals surface area (Å²) in [4.78, 5) is 14.0. The van der Waals surface area contributed by atoms with Crippen molar-refractivity contribution in [1.82, 2.24) is 5.06 Å². The zero-order chi connectivity index (χ0) is 17.9. The van der Waals surface area contributed by atoms with Gasteiger partial charge in [0.15, 0.2) is 5.66 Å². The molecule has 0 aliphatic carbocycles. The standard InChI is InChI=1S/C18H21N5O2/c1-18(2)22-16(19)21-17(20)23(18)24-12-13-7-6-10-15(11-13)25-14-8-4-3-5-9-14/h3-11H,12H2,1-2H3,(H4,19,20,21,22). The second-order valence-electron chi connectivity index (χ2n) is 6.06. The number of guanidine groups is 2. The van der Waals surface area contributed by atoms with Gasteiger partial charge in [0.05, 0.1) is 0 Å². The molecular formula is C18H21N5O2. The fourth-order valence-corrected chi connectivity index (χ4v) is 2.48. The Balaban J connectivity index is 1.68. The zero-order valence-electron chi connectivity index (χ0n) is 14.2. The minimum absolute atomic E-state index is 0.139. The third-order valence-corrected chi connectivity index (χ3v) is 3.56. The van der Waals surface area contributed by atoms with Crippen molar-refractivity contribution in [2.75, 3.05) is 0 Å². The highest BCUT2D eigenvalue weighted by atomic mass is 16.7. The van der Waals surface area contributed by atoms with Crippen molar-refractivity contribution < 1.29 is 9.57 Å². The molecule has 0 saturated heterocycles. The molecule has 25 heavy (non-hydrogen) atoms. The van der Waals surface area contributed by atoms with E-state index in [1.165, 1.54) is 5.06 Å². The van der Waals surface area contributed by atoms with Crippen LogP contribution in [0.4, 0.5) is 0 Å². The Bertz CT molecular complexity index is 802. The summed E-state index contributed by atoms with van der Waals surface area (Å²) in [6.45, 7) is 3.98. The van der Waals surface area contributed by atoms with Gasteiger partial charge in [0.25, 0.3) is 0 Å². The Hall–Kier alpha value is -3.06. The van der Waals surface area contributed by atoms with Crippen molar-refractivity contribution in [1.29, 1.82) is 0 Å². The Morgan fingerprint density at radius 3 is 2.44 bits per heavy atom. The first kappa shape index (κ1) is 16.8. The summed E-state index contributed by atoms with van der Waals surface area (Å²) in [5.74, 6) is 1.82. The highest BCUT2D eigenvalue weighted by molar-refractivity contribution is 5.95. The van der Waals surface area contributed by atoms with Crippen molar-refractivity contribution >= 4 is 11.9 Å². The summed E-state index contributed by atoms with van der Waals surface area (Å²) < 4.78 is 5.83.